The number of hydrogen-bond donors (Lipinski definition) is 1. The van der Waals surface area contributed by atoms with Crippen molar-refractivity contribution in [3.8, 4) is 0 Å². The molecule has 0 aromatic heterocycles. The predicted molar refractivity (Wildman–Crippen MR) is 53.9 cm³/mol. The van der Waals surface area contributed by atoms with Gasteiger partial charge in [0.1, 0.15) is 6.61 Å². The molecule has 15 heavy (non-hydrogen) atoms. The highest BCUT2D eigenvalue weighted by Crippen LogP contribution is 2.18. The SMILES string of the molecule is COCCOCCO[P+]([O-])=CO[PH](=O)O. The van der Waals surface area contributed by atoms with Gasteiger partial charge in [0, 0.05) is 7.11 Å². The molecule has 0 amide bonds. The van der Waals surface area contributed by atoms with Gasteiger partial charge < -0.3 is 19.3 Å². The third-order valence-corrected chi connectivity index (χ3v) is 2.35. The van der Waals surface area contributed by atoms with Gasteiger partial charge in [-0.15, -0.1) is 0 Å². The van der Waals surface area contributed by atoms with Crippen molar-refractivity contribution in [3.63, 3.8) is 0 Å². The minimum absolute atomic E-state index is 0.116. The monoisotopic (exact) mass is 260 g/mol. The zero-order valence-electron chi connectivity index (χ0n) is 8.25. The first kappa shape index (κ1) is 15.2. The van der Waals surface area contributed by atoms with E-state index in [1.54, 1.807) is 7.11 Å². The van der Waals surface area contributed by atoms with Crippen molar-refractivity contribution in [1.82, 2.24) is 0 Å². The summed E-state index contributed by atoms with van der Waals surface area (Å²) in [4.78, 5) is 19.1. The fourth-order valence-corrected chi connectivity index (χ4v) is 1.57. The molecule has 90 valence electrons. The first-order valence-corrected chi connectivity index (χ1v) is 6.56. The Morgan fingerprint density at radius 1 is 1.40 bits per heavy atom. The van der Waals surface area contributed by atoms with Crippen LogP contribution < -0.4 is 4.89 Å². The van der Waals surface area contributed by atoms with Gasteiger partial charge in [0.2, 0.25) is 14.0 Å². The standard InChI is InChI=1S/C6H14O7P2/c1-10-2-3-11-4-5-12-14(7)6-13-15(8)9/h6,15H,2-5H2,1H3,(H,8,9). The van der Waals surface area contributed by atoms with E-state index in [4.69, 9.17) is 18.9 Å². The van der Waals surface area contributed by atoms with E-state index in [1.807, 2.05) is 0 Å². The summed E-state index contributed by atoms with van der Waals surface area (Å²) >= 11 is 0. The van der Waals surface area contributed by atoms with Crippen LogP contribution in [0.2, 0.25) is 0 Å². The summed E-state index contributed by atoms with van der Waals surface area (Å²) in [5.74, 6) is 0.700. The summed E-state index contributed by atoms with van der Waals surface area (Å²) in [7, 11) is -3.71. The molecule has 0 rings (SSSR count). The van der Waals surface area contributed by atoms with E-state index in [1.165, 1.54) is 0 Å². The second-order valence-electron chi connectivity index (χ2n) is 2.21. The molecule has 9 heteroatoms. The highest BCUT2D eigenvalue weighted by molar-refractivity contribution is 7.45. The Balaban J connectivity index is 3.34. The first-order chi connectivity index (χ1) is 7.16. The lowest BCUT2D eigenvalue weighted by molar-refractivity contribution is -0.173. The average molecular weight is 260 g/mol. The Hall–Kier alpha value is 0.160. The summed E-state index contributed by atoms with van der Waals surface area (Å²) in [6, 6.07) is 0. The fraction of sp³-hybridized carbons (Fsp3) is 0.833. The lowest BCUT2D eigenvalue weighted by atomic mass is 10.7. The third kappa shape index (κ3) is 12.1. The number of methoxy groups -OCH3 is 1. The number of hydrogen-bond acceptors (Lipinski definition) is 6. The van der Waals surface area contributed by atoms with Gasteiger partial charge in [0.15, 0.2) is 0 Å². The van der Waals surface area contributed by atoms with Crippen molar-refractivity contribution in [1.29, 1.82) is 0 Å². The van der Waals surface area contributed by atoms with Crippen molar-refractivity contribution in [2.24, 2.45) is 0 Å². The summed E-state index contributed by atoms with van der Waals surface area (Å²) in [6.07, 6.45) is 0. The molecule has 0 aliphatic rings. The van der Waals surface area contributed by atoms with Gasteiger partial charge in [0.25, 0.3) is 0 Å². The minimum atomic E-state index is -3.09. The molecule has 0 aromatic carbocycles. The van der Waals surface area contributed by atoms with Gasteiger partial charge in [-0.25, -0.2) is 4.52 Å². The van der Waals surface area contributed by atoms with E-state index in [0.717, 1.165) is 0 Å². The van der Waals surface area contributed by atoms with Crippen LogP contribution in [0.25, 0.3) is 0 Å². The maximum Gasteiger partial charge on any atom is 0.324 e. The topological polar surface area (TPSA) is 97.3 Å². The summed E-state index contributed by atoms with van der Waals surface area (Å²) < 4.78 is 28.6. The molecular weight excluding hydrogens is 246 g/mol. The van der Waals surface area contributed by atoms with E-state index >= 15 is 0 Å². The Labute approximate surface area is 89.4 Å². The minimum Gasteiger partial charge on any atom is -0.601 e. The lowest BCUT2D eigenvalue weighted by Gasteiger charge is -2.01. The summed E-state index contributed by atoms with van der Waals surface area (Å²) in [5.41, 5.74) is 0. The molecule has 2 unspecified atom stereocenters. The molecule has 0 saturated carbocycles. The molecule has 0 fully saturated rings. The Kier molecular flexibility index (Phi) is 10.8. The van der Waals surface area contributed by atoms with E-state index in [-0.39, 0.29) is 13.2 Å². The molecule has 2 atom stereocenters. The zero-order valence-corrected chi connectivity index (χ0v) is 10.1. The van der Waals surface area contributed by atoms with Crippen molar-refractivity contribution in [2.45, 2.75) is 0 Å². The lowest BCUT2D eigenvalue weighted by Crippen LogP contribution is -2.08. The summed E-state index contributed by atoms with van der Waals surface area (Å²) in [5, 5.41) is 0. The van der Waals surface area contributed by atoms with E-state index in [0.29, 0.717) is 19.2 Å². The van der Waals surface area contributed by atoms with Gasteiger partial charge in [0.05, 0.1) is 19.8 Å². The average Bonchev–Trinajstić information content (AvgIpc) is 2.20. The largest absolute Gasteiger partial charge is 0.601 e. The van der Waals surface area contributed by atoms with Crippen LogP contribution in [-0.2, 0) is 23.1 Å². The molecule has 0 radical (unpaired) electrons. The molecule has 0 bridgehead atoms. The van der Waals surface area contributed by atoms with Crippen LogP contribution in [0.4, 0.5) is 0 Å². The van der Waals surface area contributed by atoms with Gasteiger partial charge >= 0.3 is 8.25 Å². The first-order valence-electron chi connectivity index (χ1n) is 4.05. The molecule has 0 saturated heterocycles. The quantitative estimate of drug-likeness (QED) is 0.440. The van der Waals surface area contributed by atoms with Gasteiger partial charge in [-0.05, 0) is 0 Å². The Bertz CT molecular complexity index is 208. The van der Waals surface area contributed by atoms with Crippen LogP contribution >= 0.6 is 16.3 Å². The molecular formula is C6H14O7P2. The van der Waals surface area contributed by atoms with Crippen LogP contribution in [-0.4, -0.2) is 44.4 Å². The maximum absolute atomic E-state index is 10.9. The molecule has 0 aliphatic heterocycles. The second-order valence-corrected chi connectivity index (χ2v) is 4.02. The molecule has 0 aromatic rings. The van der Waals surface area contributed by atoms with Crippen LogP contribution in [0.15, 0.2) is 0 Å². The maximum atomic E-state index is 10.9. The Morgan fingerprint density at radius 3 is 2.67 bits per heavy atom. The molecule has 0 aliphatic carbocycles. The molecule has 1 N–H and O–H groups in total. The predicted octanol–water partition coefficient (Wildman–Crippen LogP) is -0.504. The number of rotatable bonds is 9. The van der Waals surface area contributed by atoms with Crippen molar-refractivity contribution >= 4 is 22.2 Å². The van der Waals surface area contributed by atoms with Crippen LogP contribution in [0, 0.1) is 0 Å². The highest BCUT2D eigenvalue weighted by atomic mass is 31.1. The third-order valence-electron chi connectivity index (χ3n) is 1.12. The van der Waals surface area contributed by atoms with Crippen LogP contribution in [0.3, 0.4) is 0 Å². The molecule has 0 heterocycles. The van der Waals surface area contributed by atoms with Gasteiger partial charge in [-0.2, -0.15) is 4.52 Å². The second kappa shape index (κ2) is 10.7. The summed E-state index contributed by atoms with van der Waals surface area (Å²) in [6.45, 7) is 1.30. The van der Waals surface area contributed by atoms with Crippen LogP contribution in [0.5, 0.6) is 0 Å². The smallest absolute Gasteiger partial charge is 0.324 e. The van der Waals surface area contributed by atoms with Crippen LogP contribution in [0.1, 0.15) is 0 Å². The van der Waals surface area contributed by atoms with Crippen molar-refractivity contribution in [3.05, 3.63) is 0 Å². The molecule has 7 nitrogen and oxygen atoms in total. The normalized spacial score (nSPS) is 14.2. The van der Waals surface area contributed by atoms with Gasteiger partial charge in [-0.3, -0.25) is 4.57 Å². The zero-order chi connectivity index (χ0) is 11.5. The van der Waals surface area contributed by atoms with E-state index < -0.39 is 16.3 Å². The van der Waals surface area contributed by atoms with Crippen molar-refractivity contribution < 1.29 is 32.9 Å². The Morgan fingerprint density at radius 2 is 2.07 bits per heavy atom. The molecule has 0 spiro atoms. The number of ether oxygens (including phenoxy) is 2. The van der Waals surface area contributed by atoms with Gasteiger partial charge in [-0.1, -0.05) is 0 Å². The van der Waals surface area contributed by atoms with Crippen molar-refractivity contribution in [2.75, 3.05) is 33.5 Å². The highest BCUT2D eigenvalue weighted by Gasteiger charge is 2.00. The fourth-order valence-electron chi connectivity index (χ4n) is 0.549. The van der Waals surface area contributed by atoms with E-state index in [9.17, 15) is 9.46 Å². The van der Waals surface area contributed by atoms with E-state index in [2.05, 4.69) is 4.52 Å².